The van der Waals surface area contributed by atoms with Gasteiger partial charge in [-0.1, -0.05) is 12.1 Å². The first-order valence-electron chi connectivity index (χ1n) is 9.17. The predicted octanol–water partition coefficient (Wildman–Crippen LogP) is 5.84. The summed E-state index contributed by atoms with van der Waals surface area (Å²) >= 11 is 0. The molecule has 0 bridgehead atoms. The zero-order valence-corrected chi connectivity index (χ0v) is 16.3. The van der Waals surface area contributed by atoms with E-state index < -0.39 is 11.7 Å². The zero-order chi connectivity index (χ0) is 21.3. The molecule has 0 unspecified atom stereocenters. The van der Waals surface area contributed by atoms with E-state index in [0.717, 1.165) is 34.7 Å². The molecule has 0 spiro atoms. The summed E-state index contributed by atoms with van der Waals surface area (Å²) in [6.07, 6.45) is -1.06. The van der Waals surface area contributed by atoms with Crippen LogP contribution in [0, 0.1) is 0 Å². The molecule has 30 heavy (non-hydrogen) atoms. The number of ether oxygens (including phenoxy) is 1. The second-order valence-corrected chi connectivity index (χ2v) is 6.73. The summed E-state index contributed by atoms with van der Waals surface area (Å²) < 4.78 is 46.1. The summed E-state index contributed by atoms with van der Waals surface area (Å²) in [7, 11) is 3.45. The van der Waals surface area contributed by atoms with E-state index in [1.165, 1.54) is 12.1 Å². The van der Waals surface area contributed by atoms with Gasteiger partial charge < -0.3 is 9.30 Å². The fourth-order valence-corrected chi connectivity index (χ4v) is 3.36. The highest BCUT2D eigenvalue weighted by atomic mass is 19.4. The second kappa shape index (κ2) is 7.67. The Morgan fingerprint density at radius 1 is 0.800 bits per heavy atom. The predicted molar refractivity (Wildman–Crippen MR) is 109 cm³/mol. The van der Waals surface area contributed by atoms with Crippen molar-refractivity contribution in [3.8, 4) is 39.7 Å². The molecule has 0 fully saturated rings. The monoisotopic (exact) mass is 409 g/mol. The van der Waals surface area contributed by atoms with Gasteiger partial charge in [0.1, 0.15) is 11.6 Å². The molecule has 0 aliphatic carbocycles. The molecule has 0 aliphatic rings. The Bertz CT molecular complexity index is 1150. The quantitative estimate of drug-likeness (QED) is 0.425. The Labute approximate surface area is 171 Å². The van der Waals surface area contributed by atoms with E-state index >= 15 is 0 Å². The number of benzene rings is 2. The summed E-state index contributed by atoms with van der Waals surface area (Å²) in [6, 6.07) is 16.3. The third-order valence-corrected chi connectivity index (χ3v) is 4.88. The smallest absolute Gasteiger partial charge is 0.416 e. The minimum absolute atomic E-state index is 0.643. The van der Waals surface area contributed by atoms with Crippen LogP contribution < -0.4 is 4.74 Å². The maximum atomic E-state index is 13.0. The Kier molecular flexibility index (Phi) is 5.03. The Hall–Kier alpha value is -3.61. The van der Waals surface area contributed by atoms with Crippen LogP contribution in [-0.2, 0) is 13.2 Å². The minimum Gasteiger partial charge on any atom is -0.497 e. The van der Waals surface area contributed by atoms with Gasteiger partial charge in [-0.25, -0.2) is 4.98 Å². The van der Waals surface area contributed by atoms with Gasteiger partial charge >= 0.3 is 6.18 Å². The average molecular weight is 409 g/mol. The molecule has 0 saturated heterocycles. The minimum atomic E-state index is -4.38. The lowest BCUT2D eigenvalue weighted by Crippen LogP contribution is -2.04. The summed E-state index contributed by atoms with van der Waals surface area (Å²) in [5.74, 6) is 1.42. The molecule has 4 nitrogen and oxygen atoms in total. The topological polar surface area (TPSA) is 39.9 Å². The molecule has 0 N–H and O–H groups in total. The van der Waals surface area contributed by atoms with E-state index in [0.29, 0.717) is 17.1 Å². The van der Waals surface area contributed by atoms with E-state index in [1.807, 2.05) is 48.0 Å². The van der Waals surface area contributed by atoms with Crippen molar-refractivity contribution >= 4 is 0 Å². The van der Waals surface area contributed by atoms with Gasteiger partial charge in [0.05, 0.1) is 24.1 Å². The third kappa shape index (κ3) is 3.66. The Balaban J connectivity index is 1.88. The van der Waals surface area contributed by atoms with Crippen LogP contribution in [0.15, 0.2) is 73.1 Å². The Morgan fingerprint density at radius 2 is 1.40 bits per heavy atom. The molecule has 7 heteroatoms. The lowest BCUT2D eigenvalue weighted by molar-refractivity contribution is -0.137. The zero-order valence-electron chi connectivity index (χ0n) is 16.3. The van der Waals surface area contributed by atoms with E-state index in [9.17, 15) is 13.2 Å². The lowest BCUT2D eigenvalue weighted by Gasteiger charge is -2.11. The molecule has 0 amide bonds. The highest BCUT2D eigenvalue weighted by molar-refractivity contribution is 5.82. The van der Waals surface area contributed by atoms with Crippen LogP contribution in [0.5, 0.6) is 5.75 Å². The molecule has 2 aromatic carbocycles. The molecule has 2 aromatic heterocycles. The van der Waals surface area contributed by atoms with Crippen LogP contribution in [0.25, 0.3) is 33.9 Å². The van der Waals surface area contributed by atoms with Gasteiger partial charge in [0.15, 0.2) is 0 Å². The van der Waals surface area contributed by atoms with Gasteiger partial charge in [-0.3, -0.25) is 4.98 Å². The van der Waals surface area contributed by atoms with Crippen molar-refractivity contribution in [1.82, 2.24) is 14.5 Å². The number of methoxy groups -OCH3 is 1. The van der Waals surface area contributed by atoms with Gasteiger partial charge in [0, 0.05) is 36.1 Å². The average Bonchev–Trinajstić information content (AvgIpc) is 3.11. The van der Waals surface area contributed by atoms with Gasteiger partial charge in [-0.15, -0.1) is 0 Å². The molecule has 2 heterocycles. The maximum Gasteiger partial charge on any atom is 0.416 e. The molecule has 0 atom stereocenters. The summed E-state index contributed by atoms with van der Waals surface area (Å²) in [6.45, 7) is 0. The fourth-order valence-electron chi connectivity index (χ4n) is 3.36. The molecule has 0 aliphatic heterocycles. The molecule has 152 valence electrons. The van der Waals surface area contributed by atoms with Crippen LogP contribution in [0.3, 0.4) is 0 Å². The largest absolute Gasteiger partial charge is 0.497 e. The van der Waals surface area contributed by atoms with E-state index in [4.69, 9.17) is 9.72 Å². The van der Waals surface area contributed by atoms with E-state index in [2.05, 4.69) is 4.98 Å². The van der Waals surface area contributed by atoms with Crippen LogP contribution in [0.2, 0.25) is 0 Å². The summed E-state index contributed by atoms with van der Waals surface area (Å²) in [4.78, 5) is 8.87. The van der Waals surface area contributed by atoms with Crippen molar-refractivity contribution in [1.29, 1.82) is 0 Å². The Morgan fingerprint density at radius 3 is 1.97 bits per heavy atom. The fraction of sp³-hybridized carbons (Fsp3) is 0.130. The van der Waals surface area contributed by atoms with Gasteiger partial charge in [0.25, 0.3) is 0 Å². The highest BCUT2D eigenvalue weighted by Gasteiger charge is 2.30. The van der Waals surface area contributed by atoms with Crippen LogP contribution in [-0.4, -0.2) is 21.6 Å². The molecule has 0 radical (unpaired) electrons. The van der Waals surface area contributed by atoms with Crippen LogP contribution in [0.1, 0.15) is 5.56 Å². The normalized spacial score (nSPS) is 11.5. The number of alkyl halides is 3. The number of hydrogen-bond acceptors (Lipinski definition) is 3. The number of hydrogen-bond donors (Lipinski definition) is 0. The first-order chi connectivity index (χ1) is 14.4. The van der Waals surface area contributed by atoms with Crippen LogP contribution in [0.4, 0.5) is 13.2 Å². The molecule has 0 saturated carbocycles. The standard InChI is InChI=1S/C23H18F3N3O/c1-29-21(16-3-7-18(8-4-16)23(24,25)26)20(15-11-13-27-14-12-15)28-22(29)17-5-9-19(30-2)10-6-17/h3-14H,1-2H3. The molecular weight excluding hydrogens is 391 g/mol. The molecular formula is C23H18F3N3O. The van der Waals surface area contributed by atoms with Crippen molar-refractivity contribution in [3.63, 3.8) is 0 Å². The maximum absolute atomic E-state index is 13.0. The van der Waals surface area contributed by atoms with Gasteiger partial charge in [0.2, 0.25) is 0 Å². The SMILES string of the molecule is COc1ccc(-c2nc(-c3ccncc3)c(-c3ccc(C(F)(F)F)cc3)n2C)cc1. The van der Waals surface area contributed by atoms with E-state index in [-0.39, 0.29) is 0 Å². The second-order valence-electron chi connectivity index (χ2n) is 6.73. The van der Waals surface area contributed by atoms with Crippen LogP contribution >= 0.6 is 0 Å². The number of halogens is 3. The lowest BCUT2D eigenvalue weighted by atomic mass is 10.0. The van der Waals surface area contributed by atoms with Crippen molar-refractivity contribution in [2.75, 3.05) is 7.11 Å². The molecule has 4 aromatic rings. The number of nitrogens with zero attached hydrogens (tertiary/aromatic N) is 3. The number of aromatic nitrogens is 3. The van der Waals surface area contributed by atoms with E-state index in [1.54, 1.807) is 19.5 Å². The third-order valence-electron chi connectivity index (χ3n) is 4.88. The molecule has 4 rings (SSSR count). The first kappa shape index (κ1) is 19.7. The summed E-state index contributed by atoms with van der Waals surface area (Å²) in [5.41, 5.74) is 3.05. The van der Waals surface area contributed by atoms with Crippen molar-refractivity contribution in [2.24, 2.45) is 7.05 Å². The van der Waals surface area contributed by atoms with Crippen molar-refractivity contribution in [3.05, 3.63) is 78.6 Å². The van der Waals surface area contributed by atoms with Crippen molar-refractivity contribution in [2.45, 2.75) is 6.18 Å². The number of rotatable bonds is 4. The van der Waals surface area contributed by atoms with Gasteiger partial charge in [-0.2, -0.15) is 13.2 Å². The number of imidazole rings is 1. The number of pyridine rings is 1. The summed E-state index contributed by atoms with van der Waals surface area (Å²) in [5, 5.41) is 0. The first-order valence-corrected chi connectivity index (χ1v) is 9.17. The van der Waals surface area contributed by atoms with Gasteiger partial charge in [-0.05, 0) is 48.5 Å². The van der Waals surface area contributed by atoms with Crippen molar-refractivity contribution < 1.29 is 17.9 Å². The highest BCUT2D eigenvalue weighted by Crippen LogP contribution is 2.37.